The highest BCUT2D eigenvalue weighted by Gasteiger charge is 2.18. The summed E-state index contributed by atoms with van der Waals surface area (Å²) in [5.41, 5.74) is 8.90. The highest BCUT2D eigenvalue weighted by Crippen LogP contribution is 2.34. The van der Waals surface area contributed by atoms with E-state index in [9.17, 15) is 0 Å². The molecule has 1 saturated heterocycles. The molecule has 0 saturated carbocycles. The molecule has 0 radical (unpaired) electrons. The van der Waals surface area contributed by atoms with Crippen LogP contribution in [0.2, 0.25) is 5.15 Å². The number of hydrogen-bond acceptors (Lipinski definition) is 6. The second-order valence-corrected chi connectivity index (χ2v) is 5.32. The van der Waals surface area contributed by atoms with Crippen LogP contribution in [0.25, 0.3) is 11.1 Å². The molecule has 22 heavy (non-hydrogen) atoms. The molecular weight excluding hydrogens is 304 g/mol. The van der Waals surface area contributed by atoms with E-state index in [4.69, 9.17) is 26.8 Å². The molecule has 1 aliphatic heterocycles. The van der Waals surface area contributed by atoms with Crippen molar-refractivity contribution in [2.45, 2.75) is 0 Å². The summed E-state index contributed by atoms with van der Waals surface area (Å²) in [5.74, 6) is 0.582. The van der Waals surface area contributed by atoms with E-state index in [-0.39, 0.29) is 0 Å². The Balaban J connectivity index is 2.04. The molecule has 2 aromatic heterocycles. The maximum absolute atomic E-state index is 6.18. The second kappa shape index (κ2) is 6.37. The first-order valence-corrected chi connectivity index (χ1v) is 7.35. The summed E-state index contributed by atoms with van der Waals surface area (Å²) in [6.07, 6.45) is 3.25. The van der Waals surface area contributed by atoms with Crippen molar-refractivity contribution >= 4 is 23.0 Å². The van der Waals surface area contributed by atoms with E-state index in [1.54, 1.807) is 19.4 Å². The monoisotopic (exact) mass is 320 g/mol. The van der Waals surface area contributed by atoms with Crippen molar-refractivity contribution < 1.29 is 9.47 Å². The summed E-state index contributed by atoms with van der Waals surface area (Å²) >= 11 is 6.18. The Hall–Kier alpha value is -2.05. The van der Waals surface area contributed by atoms with Gasteiger partial charge >= 0.3 is 0 Å². The SMILES string of the molecule is COc1ncc(-c2cc(N)cnc2Cl)cc1N1CCOCC1. The first-order valence-electron chi connectivity index (χ1n) is 6.97. The van der Waals surface area contributed by atoms with E-state index in [2.05, 4.69) is 14.9 Å². The zero-order valence-electron chi connectivity index (χ0n) is 12.3. The second-order valence-electron chi connectivity index (χ2n) is 4.96. The lowest BCUT2D eigenvalue weighted by molar-refractivity contribution is 0.122. The van der Waals surface area contributed by atoms with Crippen LogP contribution in [0.5, 0.6) is 5.88 Å². The van der Waals surface area contributed by atoms with Crippen molar-refractivity contribution in [1.29, 1.82) is 0 Å². The molecular formula is C15H17ClN4O2. The average Bonchev–Trinajstić information content (AvgIpc) is 2.57. The number of aromatic nitrogens is 2. The maximum Gasteiger partial charge on any atom is 0.237 e. The lowest BCUT2D eigenvalue weighted by atomic mass is 10.1. The average molecular weight is 321 g/mol. The lowest BCUT2D eigenvalue weighted by Crippen LogP contribution is -2.36. The van der Waals surface area contributed by atoms with E-state index in [0.717, 1.165) is 29.9 Å². The third-order valence-corrected chi connectivity index (χ3v) is 3.85. The van der Waals surface area contributed by atoms with E-state index in [0.29, 0.717) is 29.9 Å². The van der Waals surface area contributed by atoms with Gasteiger partial charge in [-0.1, -0.05) is 11.6 Å². The number of methoxy groups -OCH3 is 1. The van der Waals surface area contributed by atoms with Gasteiger partial charge in [0.15, 0.2) is 0 Å². The van der Waals surface area contributed by atoms with Gasteiger partial charge in [0.25, 0.3) is 0 Å². The van der Waals surface area contributed by atoms with Gasteiger partial charge in [-0.2, -0.15) is 0 Å². The molecule has 0 atom stereocenters. The minimum absolute atomic E-state index is 0.397. The molecule has 2 aromatic rings. The van der Waals surface area contributed by atoms with Crippen LogP contribution in [0.15, 0.2) is 24.5 Å². The van der Waals surface area contributed by atoms with Crippen LogP contribution in [-0.2, 0) is 4.74 Å². The molecule has 1 aliphatic rings. The molecule has 0 unspecified atom stereocenters. The molecule has 0 aromatic carbocycles. The Morgan fingerprint density at radius 2 is 2.00 bits per heavy atom. The quantitative estimate of drug-likeness (QED) is 0.874. The summed E-state index contributed by atoms with van der Waals surface area (Å²) in [7, 11) is 1.61. The van der Waals surface area contributed by atoms with Crippen LogP contribution in [0, 0.1) is 0 Å². The number of pyridine rings is 2. The number of nitrogen functional groups attached to an aromatic ring is 1. The molecule has 3 heterocycles. The predicted octanol–water partition coefficient (Wildman–Crippen LogP) is 2.22. The maximum atomic E-state index is 6.18. The molecule has 0 spiro atoms. The van der Waals surface area contributed by atoms with Crippen LogP contribution in [-0.4, -0.2) is 43.4 Å². The molecule has 6 nitrogen and oxygen atoms in total. The highest BCUT2D eigenvalue weighted by atomic mass is 35.5. The normalized spacial score (nSPS) is 14.9. The third-order valence-electron chi connectivity index (χ3n) is 3.55. The lowest BCUT2D eigenvalue weighted by Gasteiger charge is -2.29. The topological polar surface area (TPSA) is 73.5 Å². The van der Waals surface area contributed by atoms with Gasteiger partial charge in [-0.25, -0.2) is 9.97 Å². The van der Waals surface area contributed by atoms with Crippen LogP contribution in [0.1, 0.15) is 0 Å². The summed E-state index contributed by atoms with van der Waals surface area (Å²) in [4.78, 5) is 10.7. The third kappa shape index (κ3) is 2.93. The fraction of sp³-hybridized carbons (Fsp3) is 0.333. The number of nitrogens with zero attached hydrogens (tertiary/aromatic N) is 3. The Morgan fingerprint density at radius 1 is 1.23 bits per heavy atom. The van der Waals surface area contributed by atoms with E-state index >= 15 is 0 Å². The van der Waals surface area contributed by atoms with Gasteiger partial charge in [0.2, 0.25) is 5.88 Å². The van der Waals surface area contributed by atoms with Crippen molar-refractivity contribution in [3.05, 3.63) is 29.7 Å². The predicted molar refractivity (Wildman–Crippen MR) is 86.5 cm³/mol. The van der Waals surface area contributed by atoms with Crippen molar-refractivity contribution in [2.75, 3.05) is 44.0 Å². The van der Waals surface area contributed by atoms with E-state index < -0.39 is 0 Å². The minimum Gasteiger partial charge on any atom is -0.480 e. The van der Waals surface area contributed by atoms with Crippen LogP contribution < -0.4 is 15.4 Å². The number of nitrogens with two attached hydrogens (primary N) is 1. The molecule has 1 fully saturated rings. The zero-order valence-corrected chi connectivity index (χ0v) is 13.0. The number of hydrogen-bond donors (Lipinski definition) is 1. The number of halogens is 1. The van der Waals surface area contributed by atoms with Crippen molar-refractivity contribution in [3.63, 3.8) is 0 Å². The summed E-state index contributed by atoms with van der Waals surface area (Å²) in [5, 5.41) is 0.397. The fourth-order valence-electron chi connectivity index (χ4n) is 2.44. The smallest absolute Gasteiger partial charge is 0.237 e. The standard InChI is InChI=1S/C15H17ClN4O2/c1-21-15-13(20-2-4-22-5-3-20)6-10(8-19-15)12-7-11(17)9-18-14(12)16/h6-9H,2-5,17H2,1H3. The summed E-state index contributed by atoms with van der Waals surface area (Å²) in [6, 6.07) is 3.79. The van der Waals surface area contributed by atoms with Gasteiger partial charge in [-0.3, -0.25) is 0 Å². The van der Waals surface area contributed by atoms with Gasteiger partial charge in [-0.15, -0.1) is 0 Å². The summed E-state index contributed by atoms with van der Waals surface area (Å²) < 4.78 is 10.8. The largest absolute Gasteiger partial charge is 0.480 e. The van der Waals surface area contributed by atoms with Crippen LogP contribution in [0.4, 0.5) is 11.4 Å². The zero-order chi connectivity index (χ0) is 15.5. The van der Waals surface area contributed by atoms with Crippen LogP contribution in [0.3, 0.4) is 0 Å². The van der Waals surface area contributed by atoms with E-state index in [1.807, 2.05) is 6.07 Å². The molecule has 0 bridgehead atoms. The first-order chi connectivity index (χ1) is 10.7. The van der Waals surface area contributed by atoms with Gasteiger partial charge < -0.3 is 20.1 Å². The Morgan fingerprint density at radius 3 is 2.73 bits per heavy atom. The van der Waals surface area contributed by atoms with Gasteiger partial charge in [0.05, 0.1) is 32.2 Å². The minimum atomic E-state index is 0.397. The molecule has 0 aliphatic carbocycles. The molecule has 3 rings (SSSR count). The number of morpholine rings is 1. The highest BCUT2D eigenvalue weighted by molar-refractivity contribution is 6.32. The Kier molecular flexibility index (Phi) is 4.31. The van der Waals surface area contributed by atoms with Crippen molar-refractivity contribution in [1.82, 2.24) is 9.97 Å². The molecule has 2 N–H and O–H groups in total. The van der Waals surface area contributed by atoms with Crippen molar-refractivity contribution in [3.8, 4) is 17.0 Å². The Labute approximate surface area is 133 Å². The first kappa shape index (κ1) is 14.9. The van der Waals surface area contributed by atoms with Gasteiger partial charge in [-0.05, 0) is 12.1 Å². The van der Waals surface area contributed by atoms with E-state index in [1.165, 1.54) is 6.20 Å². The number of ether oxygens (including phenoxy) is 2. The number of anilines is 2. The summed E-state index contributed by atoms with van der Waals surface area (Å²) in [6.45, 7) is 2.97. The Bertz CT molecular complexity index is 675. The van der Waals surface area contributed by atoms with Crippen LogP contribution >= 0.6 is 11.6 Å². The molecule has 0 amide bonds. The van der Waals surface area contributed by atoms with Crippen molar-refractivity contribution in [2.24, 2.45) is 0 Å². The van der Waals surface area contributed by atoms with Gasteiger partial charge in [0.1, 0.15) is 10.8 Å². The molecule has 116 valence electrons. The van der Waals surface area contributed by atoms with Gasteiger partial charge in [0, 0.05) is 30.4 Å². The molecule has 7 heteroatoms. The number of rotatable bonds is 3. The fourth-order valence-corrected chi connectivity index (χ4v) is 2.66.